The molecule has 1 amide bonds. The number of aliphatic hydroxyl groups excluding tert-OH is 1. The predicted octanol–water partition coefficient (Wildman–Crippen LogP) is 4.02. The molecule has 0 radical (unpaired) electrons. The maximum atomic E-state index is 14.0. The summed E-state index contributed by atoms with van der Waals surface area (Å²) < 4.78 is 12.2. The molecule has 4 rings (SSSR count). The fourth-order valence-corrected chi connectivity index (χ4v) is 4.57. The molecule has 3 aromatic carbocycles. The Balaban J connectivity index is 1.69. The number of hydrogen-bond acceptors (Lipinski definition) is 6. The molecule has 3 aromatic rings. The van der Waals surface area contributed by atoms with E-state index >= 15 is 0 Å². The topological polar surface area (TPSA) is 83.4 Å². The van der Waals surface area contributed by atoms with Gasteiger partial charge in [-0.1, -0.05) is 60.7 Å². The van der Waals surface area contributed by atoms with Crippen LogP contribution in [0.2, 0.25) is 0 Å². The number of ether oxygens (including phenoxy) is 2. The minimum atomic E-state index is -1.17. The highest BCUT2D eigenvalue weighted by Gasteiger charge is 2.53. The van der Waals surface area contributed by atoms with Crippen LogP contribution in [-0.2, 0) is 16.0 Å². The number of nitrogens with one attached hydrogen (secondary N) is 1. The molecule has 0 saturated heterocycles. The number of nitrogens with zero attached hydrogens (tertiary/aromatic N) is 2. The first-order valence-electron chi connectivity index (χ1n) is 13.1. The van der Waals surface area contributed by atoms with Gasteiger partial charge < -0.3 is 24.8 Å². The van der Waals surface area contributed by atoms with Crippen LogP contribution < -0.4 is 10.1 Å². The zero-order valence-corrected chi connectivity index (χ0v) is 22.2. The number of carbonyl (C=O) groups is 1. The zero-order chi connectivity index (χ0) is 26.8. The Labute approximate surface area is 225 Å². The van der Waals surface area contributed by atoms with Crippen molar-refractivity contribution in [1.82, 2.24) is 10.2 Å². The Morgan fingerprint density at radius 3 is 2.34 bits per heavy atom. The van der Waals surface area contributed by atoms with Gasteiger partial charge in [0.1, 0.15) is 5.75 Å². The normalized spacial score (nSPS) is 18.6. The molecular formula is C31H37N3O4. The maximum absolute atomic E-state index is 14.0. The van der Waals surface area contributed by atoms with E-state index < -0.39 is 11.6 Å². The maximum Gasteiger partial charge on any atom is 0.252 e. The van der Waals surface area contributed by atoms with Gasteiger partial charge in [-0.2, -0.15) is 0 Å². The summed E-state index contributed by atoms with van der Waals surface area (Å²) in [4.78, 5) is 21.2. The van der Waals surface area contributed by atoms with Crippen LogP contribution in [0.4, 0.5) is 0 Å². The van der Waals surface area contributed by atoms with E-state index in [0.717, 1.165) is 29.7 Å². The summed E-state index contributed by atoms with van der Waals surface area (Å²) in [6, 6.07) is 27.3. The number of carbonyl (C=O) groups excluding carboxylic acids is 1. The molecule has 38 heavy (non-hydrogen) atoms. The third kappa shape index (κ3) is 6.79. The van der Waals surface area contributed by atoms with E-state index in [4.69, 9.17) is 19.6 Å². The van der Waals surface area contributed by atoms with E-state index in [1.807, 2.05) is 99.0 Å². The highest BCUT2D eigenvalue weighted by molar-refractivity contribution is 6.01. The number of rotatable bonds is 13. The molecule has 0 unspecified atom stereocenters. The standard InChI is InChI=1S/C31H37N3O4/c1-34(2)20-9-19-32-30(36)31(23-24-11-5-3-6-12-24)28(25-13-7-4-8-14-25)38-29(33-31)26-15-17-27(18-16-26)37-22-10-21-35/h3-8,11-18,28,35H,9-10,19-23H2,1-2H3,(H,32,36)/t28-,31-/m1/s1. The number of aliphatic hydroxyl groups is 1. The number of hydrogen-bond donors (Lipinski definition) is 2. The first-order valence-corrected chi connectivity index (χ1v) is 13.1. The number of benzene rings is 3. The van der Waals surface area contributed by atoms with Crippen LogP contribution in [0.5, 0.6) is 5.75 Å². The van der Waals surface area contributed by atoms with Crippen LogP contribution in [0.15, 0.2) is 89.9 Å². The summed E-state index contributed by atoms with van der Waals surface area (Å²) in [5.41, 5.74) is 1.51. The second-order valence-corrected chi connectivity index (χ2v) is 9.77. The molecule has 2 N–H and O–H groups in total. The van der Waals surface area contributed by atoms with Crippen molar-refractivity contribution in [1.29, 1.82) is 0 Å². The van der Waals surface area contributed by atoms with Gasteiger partial charge in [-0.15, -0.1) is 0 Å². The Morgan fingerprint density at radius 1 is 1.00 bits per heavy atom. The van der Waals surface area contributed by atoms with Crippen molar-refractivity contribution < 1.29 is 19.4 Å². The van der Waals surface area contributed by atoms with E-state index in [-0.39, 0.29) is 12.5 Å². The predicted molar refractivity (Wildman–Crippen MR) is 150 cm³/mol. The largest absolute Gasteiger partial charge is 0.494 e. The molecule has 1 heterocycles. The van der Waals surface area contributed by atoms with Crippen LogP contribution in [0, 0.1) is 0 Å². The third-order valence-electron chi connectivity index (χ3n) is 6.52. The Hall–Kier alpha value is -3.68. The van der Waals surface area contributed by atoms with Crippen LogP contribution in [-0.4, -0.2) is 67.7 Å². The summed E-state index contributed by atoms with van der Waals surface area (Å²) >= 11 is 0. The fraction of sp³-hybridized carbons (Fsp3) is 0.355. The molecule has 200 valence electrons. The lowest BCUT2D eigenvalue weighted by molar-refractivity contribution is -0.128. The summed E-state index contributed by atoms with van der Waals surface area (Å²) in [5, 5.41) is 12.2. The van der Waals surface area contributed by atoms with Crippen molar-refractivity contribution in [3.8, 4) is 5.75 Å². The average molecular weight is 516 g/mol. The minimum Gasteiger partial charge on any atom is -0.494 e. The van der Waals surface area contributed by atoms with Gasteiger partial charge in [0.05, 0.1) is 6.61 Å². The highest BCUT2D eigenvalue weighted by atomic mass is 16.5. The van der Waals surface area contributed by atoms with E-state index in [9.17, 15) is 4.79 Å². The van der Waals surface area contributed by atoms with E-state index in [0.29, 0.717) is 37.6 Å². The molecule has 0 bridgehead atoms. The first-order chi connectivity index (χ1) is 18.5. The first kappa shape index (κ1) is 27.4. The fourth-order valence-electron chi connectivity index (χ4n) is 4.57. The van der Waals surface area contributed by atoms with Crippen molar-refractivity contribution in [3.05, 3.63) is 102 Å². The molecule has 0 spiro atoms. The lowest BCUT2D eigenvalue weighted by Crippen LogP contribution is -2.50. The van der Waals surface area contributed by atoms with Crippen molar-refractivity contribution in [2.45, 2.75) is 30.9 Å². The van der Waals surface area contributed by atoms with Gasteiger partial charge in [0.25, 0.3) is 5.91 Å². The molecule has 1 aliphatic rings. The molecule has 0 aliphatic carbocycles. The van der Waals surface area contributed by atoms with Crippen molar-refractivity contribution in [3.63, 3.8) is 0 Å². The summed E-state index contributed by atoms with van der Waals surface area (Å²) in [5.74, 6) is 0.989. The van der Waals surface area contributed by atoms with Gasteiger partial charge in [-0.05, 0) is 62.5 Å². The molecule has 0 aromatic heterocycles. The zero-order valence-electron chi connectivity index (χ0n) is 22.2. The molecule has 2 atom stereocenters. The monoisotopic (exact) mass is 515 g/mol. The Morgan fingerprint density at radius 2 is 1.68 bits per heavy atom. The van der Waals surface area contributed by atoms with Crippen molar-refractivity contribution >= 4 is 11.8 Å². The van der Waals surface area contributed by atoms with E-state index in [2.05, 4.69) is 10.2 Å². The van der Waals surface area contributed by atoms with Gasteiger partial charge in [-0.3, -0.25) is 4.79 Å². The molecule has 1 aliphatic heterocycles. The average Bonchev–Trinajstić information content (AvgIpc) is 3.33. The van der Waals surface area contributed by atoms with Crippen molar-refractivity contribution in [2.24, 2.45) is 4.99 Å². The second kappa shape index (κ2) is 13.2. The number of amides is 1. The van der Waals surface area contributed by atoms with E-state index in [1.54, 1.807) is 0 Å². The van der Waals surface area contributed by atoms with Gasteiger partial charge in [0.15, 0.2) is 11.6 Å². The van der Waals surface area contributed by atoms with Crippen LogP contribution in [0.25, 0.3) is 0 Å². The van der Waals surface area contributed by atoms with E-state index in [1.165, 1.54) is 0 Å². The highest BCUT2D eigenvalue weighted by Crippen LogP contribution is 2.42. The quantitative estimate of drug-likeness (QED) is 0.336. The third-order valence-corrected chi connectivity index (χ3v) is 6.52. The van der Waals surface area contributed by atoms with Gasteiger partial charge in [-0.25, -0.2) is 4.99 Å². The summed E-state index contributed by atoms with van der Waals surface area (Å²) in [6.45, 7) is 1.97. The van der Waals surface area contributed by atoms with Gasteiger partial charge >= 0.3 is 0 Å². The summed E-state index contributed by atoms with van der Waals surface area (Å²) in [6.07, 6.45) is 1.22. The molecule has 0 fully saturated rings. The second-order valence-electron chi connectivity index (χ2n) is 9.77. The molecule has 7 nitrogen and oxygen atoms in total. The Kier molecular flexibility index (Phi) is 9.51. The number of aliphatic imine (C=N–C) groups is 1. The molecule has 0 saturated carbocycles. The summed E-state index contributed by atoms with van der Waals surface area (Å²) in [7, 11) is 4.04. The van der Waals surface area contributed by atoms with Crippen LogP contribution in [0.3, 0.4) is 0 Å². The molecular weight excluding hydrogens is 478 g/mol. The molecule has 7 heteroatoms. The lowest BCUT2D eigenvalue weighted by Gasteiger charge is -2.31. The SMILES string of the molecule is CN(C)CCCNC(=O)[C@]1(Cc2ccccc2)N=C(c2ccc(OCCCO)cc2)O[C@@H]1c1ccccc1. The van der Waals surface area contributed by atoms with Gasteiger partial charge in [0.2, 0.25) is 5.90 Å². The van der Waals surface area contributed by atoms with Crippen LogP contribution >= 0.6 is 0 Å². The smallest absolute Gasteiger partial charge is 0.252 e. The van der Waals surface area contributed by atoms with Gasteiger partial charge in [0, 0.05) is 31.6 Å². The lowest BCUT2D eigenvalue weighted by atomic mass is 9.82. The minimum absolute atomic E-state index is 0.0876. The Bertz CT molecular complexity index is 1180. The van der Waals surface area contributed by atoms with Crippen LogP contribution in [0.1, 0.15) is 35.6 Å². The van der Waals surface area contributed by atoms with Crippen molar-refractivity contribution in [2.75, 3.05) is 40.4 Å².